The van der Waals surface area contributed by atoms with Crippen molar-refractivity contribution in [2.45, 2.75) is 18.9 Å². The Hall–Kier alpha value is -1.46. The fourth-order valence-corrected chi connectivity index (χ4v) is 1.14. The van der Waals surface area contributed by atoms with Crippen molar-refractivity contribution in [2.24, 2.45) is 0 Å². The van der Waals surface area contributed by atoms with E-state index in [0.29, 0.717) is 5.76 Å². The van der Waals surface area contributed by atoms with Crippen LogP contribution in [0.2, 0.25) is 0 Å². The van der Waals surface area contributed by atoms with Gasteiger partial charge in [0.2, 0.25) is 0 Å². The molecule has 0 aliphatic heterocycles. The Kier molecular flexibility index (Phi) is 2.94. The molecular formula is C11H12O2. The molecule has 2 heteroatoms. The summed E-state index contributed by atoms with van der Waals surface area (Å²) in [6, 6.07) is 3.62. The summed E-state index contributed by atoms with van der Waals surface area (Å²) < 4.78 is 5.33. The molecule has 13 heavy (non-hydrogen) atoms. The molecule has 1 rings (SSSR count). The Morgan fingerprint density at radius 2 is 2.38 bits per heavy atom. The van der Waals surface area contributed by atoms with Crippen LogP contribution in [0.1, 0.15) is 17.4 Å². The second-order valence-electron chi connectivity index (χ2n) is 2.82. The summed E-state index contributed by atoms with van der Waals surface area (Å²) in [5, 5.41) is 9.41. The Labute approximate surface area is 77.9 Å². The molecule has 1 aromatic rings. The maximum Gasteiger partial charge on any atom is 0.127 e. The number of rotatable bonds is 3. The maximum atomic E-state index is 9.41. The van der Waals surface area contributed by atoms with E-state index in [1.54, 1.807) is 12.1 Å². The summed E-state index contributed by atoms with van der Waals surface area (Å²) in [6.07, 6.45) is 5.82. The Bertz CT molecular complexity index is 330. The Morgan fingerprint density at radius 1 is 1.69 bits per heavy atom. The Balaban J connectivity index is 2.91. The fraction of sp³-hybridized carbons (Fsp3) is 0.273. The Morgan fingerprint density at radius 3 is 2.77 bits per heavy atom. The first-order valence-electron chi connectivity index (χ1n) is 4.02. The molecule has 1 N–H and O–H groups in total. The minimum atomic E-state index is -0.872. The van der Waals surface area contributed by atoms with Crippen LogP contribution in [0.5, 0.6) is 0 Å². The highest BCUT2D eigenvalue weighted by Gasteiger charge is 2.18. The van der Waals surface area contributed by atoms with Crippen molar-refractivity contribution in [2.75, 3.05) is 0 Å². The van der Waals surface area contributed by atoms with Crippen LogP contribution in [-0.2, 0) is 0 Å². The van der Waals surface area contributed by atoms with Gasteiger partial charge >= 0.3 is 0 Å². The van der Waals surface area contributed by atoms with Gasteiger partial charge in [0.1, 0.15) is 17.6 Å². The zero-order valence-electron chi connectivity index (χ0n) is 7.53. The van der Waals surface area contributed by atoms with Crippen LogP contribution in [0.4, 0.5) is 0 Å². The SMILES string of the molecule is C#CC(O)C(C=C)c1ccc(C)o1. The van der Waals surface area contributed by atoms with Crippen LogP contribution in [0, 0.1) is 19.3 Å². The third-order valence-electron chi connectivity index (χ3n) is 1.85. The molecule has 2 unspecified atom stereocenters. The van der Waals surface area contributed by atoms with Gasteiger partial charge < -0.3 is 9.52 Å². The highest BCUT2D eigenvalue weighted by atomic mass is 16.3. The van der Waals surface area contributed by atoms with Crippen molar-refractivity contribution in [1.82, 2.24) is 0 Å². The summed E-state index contributed by atoms with van der Waals surface area (Å²) in [4.78, 5) is 0. The minimum Gasteiger partial charge on any atom is -0.466 e. The molecule has 0 spiro atoms. The summed E-state index contributed by atoms with van der Waals surface area (Å²) in [6.45, 7) is 5.44. The topological polar surface area (TPSA) is 33.4 Å². The monoisotopic (exact) mass is 176 g/mol. The molecule has 0 saturated heterocycles. The van der Waals surface area contributed by atoms with Gasteiger partial charge in [0.25, 0.3) is 0 Å². The van der Waals surface area contributed by atoms with E-state index >= 15 is 0 Å². The average Bonchev–Trinajstić information content (AvgIpc) is 2.53. The fourth-order valence-electron chi connectivity index (χ4n) is 1.14. The smallest absolute Gasteiger partial charge is 0.127 e. The van der Waals surface area contributed by atoms with Crippen molar-refractivity contribution >= 4 is 0 Å². The van der Waals surface area contributed by atoms with Crippen LogP contribution in [-0.4, -0.2) is 11.2 Å². The van der Waals surface area contributed by atoms with Gasteiger partial charge in [0, 0.05) is 0 Å². The van der Waals surface area contributed by atoms with Gasteiger partial charge in [0.05, 0.1) is 5.92 Å². The molecule has 0 saturated carbocycles. The molecule has 0 aliphatic carbocycles. The lowest BCUT2D eigenvalue weighted by Gasteiger charge is -2.11. The van der Waals surface area contributed by atoms with Crippen LogP contribution >= 0.6 is 0 Å². The molecule has 1 aromatic heterocycles. The number of hydrogen-bond acceptors (Lipinski definition) is 2. The highest BCUT2D eigenvalue weighted by molar-refractivity contribution is 5.20. The second-order valence-corrected chi connectivity index (χ2v) is 2.82. The van der Waals surface area contributed by atoms with Crippen molar-refractivity contribution in [3.05, 3.63) is 36.3 Å². The van der Waals surface area contributed by atoms with Crippen molar-refractivity contribution in [1.29, 1.82) is 0 Å². The molecule has 2 nitrogen and oxygen atoms in total. The zero-order valence-corrected chi connectivity index (χ0v) is 7.53. The van der Waals surface area contributed by atoms with E-state index in [2.05, 4.69) is 12.5 Å². The van der Waals surface area contributed by atoms with E-state index < -0.39 is 6.10 Å². The lowest BCUT2D eigenvalue weighted by atomic mass is 10.0. The number of aliphatic hydroxyl groups is 1. The van der Waals surface area contributed by atoms with Crippen molar-refractivity contribution < 1.29 is 9.52 Å². The predicted molar refractivity (Wildman–Crippen MR) is 51.2 cm³/mol. The van der Waals surface area contributed by atoms with Gasteiger partial charge in [-0.3, -0.25) is 0 Å². The molecule has 0 bridgehead atoms. The van der Waals surface area contributed by atoms with E-state index in [-0.39, 0.29) is 5.92 Å². The molecule has 0 aliphatic rings. The minimum absolute atomic E-state index is 0.321. The summed E-state index contributed by atoms with van der Waals surface area (Å²) in [5.41, 5.74) is 0. The summed E-state index contributed by atoms with van der Waals surface area (Å²) >= 11 is 0. The number of furan rings is 1. The normalized spacial score (nSPS) is 14.5. The molecule has 0 radical (unpaired) electrons. The first kappa shape index (κ1) is 9.63. The first-order chi connectivity index (χ1) is 6.19. The molecule has 0 aromatic carbocycles. The van der Waals surface area contributed by atoms with Gasteiger partial charge in [-0.2, -0.15) is 0 Å². The molecule has 68 valence electrons. The van der Waals surface area contributed by atoms with Gasteiger partial charge in [-0.15, -0.1) is 13.0 Å². The second kappa shape index (κ2) is 3.97. The van der Waals surface area contributed by atoms with Crippen LogP contribution < -0.4 is 0 Å². The molecule has 1 heterocycles. The third-order valence-corrected chi connectivity index (χ3v) is 1.85. The zero-order chi connectivity index (χ0) is 9.84. The summed E-state index contributed by atoms with van der Waals surface area (Å²) in [5.74, 6) is 3.38. The van der Waals surface area contributed by atoms with Gasteiger partial charge in [-0.05, 0) is 19.1 Å². The lowest BCUT2D eigenvalue weighted by molar-refractivity contribution is 0.205. The summed E-state index contributed by atoms with van der Waals surface area (Å²) in [7, 11) is 0. The van der Waals surface area contributed by atoms with E-state index in [0.717, 1.165) is 5.76 Å². The number of terminal acetylenes is 1. The predicted octanol–water partition coefficient (Wildman–Crippen LogP) is 1.85. The first-order valence-corrected chi connectivity index (χ1v) is 4.02. The standard InChI is InChI=1S/C11H12O2/c1-4-9(10(12)5-2)11-7-6-8(3)13-11/h2,4,6-7,9-10,12H,1H2,3H3. The van der Waals surface area contributed by atoms with Crippen LogP contribution in [0.25, 0.3) is 0 Å². The maximum absolute atomic E-state index is 9.41. The van der Waals surface area contributed by atoms with E-state index in [4.69, 9.17) is 10.8 Å². The van der Waals surface area contributed by atoms with E-state index in [9.17, 15) is 5.11 Å². The highest BCUT2D eigenvalue weighted by Crippen LogP contribution is 2.22. The molecular weight excluding hydrogens is 164 g/mol. The van der Waals surface area contributed by atoms with E-state index in [1.807, 2.05) is 13.0 Å². The average molecular weight is 176 g/mol. The number of aliphatic hydroxyl groups excluding tert-OH is 1. The van der Waals surface area contributed by atoms with Crippen molar-refractivity contribution in [3.63, 3.8) is 0 Å². The third kappa shape index (κ3) is 2.01. The van der Waals surface area contributed by atoms with Crippen LogP contribution in [0.3, 0.4) is 0 Å². The van der Waals surface area contributed by atoms with Gasteiger partial charge in [0.15, 0.2) is 0 Å². The van der Waals surface area contributed by atoms with Gasteiger partial charge in [-0.1, -0.05) is 12.0 Å². The van der Waals surface area contributed by atoms with Crippen LogP contribution in [0.15, 0.2) is 29.2 Å². The molecule has 0 fully saturated rings. The van der Waals surface area contributed by atoms with Crippen molar-refractivity contribution in [3.8, 4) is 12.3 Å². The van der Waals surface area contributed by atoms with E-state index in [1.165, 1.54) is 0 Å². The molecule has 0 amide bonds. The van der Waals surface area contributed by atoms with Gasteiger partial charge in [-0.25, -0.2) is 0 Å². The largest absolute Gasteiger partial charge is 0.466 e. The molecule has 2 atom stereocenters. The quantitative estimate of drug-likeness (QED) is 0.563. The number of hydrogen-bond donors (Lipinski definition) is 1. The lowest BCUT2D eigenvalue weighted by Crippen LogP contribution is -2.13. The number of aryl methyl sites for hydroxylation is 1.